The molecule has 1 saturated heterocycles. The summed E-state index contributed by atoms with van der Waals surface area (Å²) in [7, 11) is 0. The fourth-order valence-electron chi connectivity index (χ4n) is 4.22. The van der Waals surface area contributed by atoms with E-state index in [0.29, 0.717) is 34.3 Å². The Morgan fingerprint density at radius 1 is 1.19 bits per heavy atom. The number of fused-ring (bicyclic) bond motifs is 1. The molecule has 1 aromatic carbocycles. The lowest BCUT2D eigenvalue weighted by atomic mass is 10.0. The Morgan fingerprint density at radius 3 is 2.78 bits per heavy atom. The Kier molecular flexibility index (Phi) is 6.18. The zero-order valence-electron chi connectivity index (χ0n) is 18.5. The van der Waals surface area contributed by atoms with Gasteiger partial charge in [-0.15, -0.1) is 0 Å². The number of amides is 2. The number of aromatic nitrogens is 3. The van der Waals surface area contributed by atoms with E-state index >= 15 is 0 Å². The van der Waals surface area contributed by atoms with Gasteiger partial charge in [0.1, 0.15) is 5.82 Å². The van der Waals surface area contributed by atoms with Crippen LogP contribution in [-0.4, -0.2) is 50.4 Å². The third-order valence-corrected chi connectivity index (χ3v) is 5.96. The molecule has 0 saturated carbocycles. The summed E-state index contributed by atoms with van der Waals surface area (Å²) in [4.78, 5) is 32.0. The molecule has 1 fully saturated rings. The van der Waals surface area contributed by atoms with Gasteiger partial charge in [0.2, 0.25) is 5.91 Å². The molecule has 2 aromatic heterocycles. The number of hydrogen-bond donors (Lipinski definition) is 2. The molecule has 0 aliphatic carbocycles. The number of halogens is 1. The number of aryl methyl sites for hydroxylation is 2. The number of nitrogens with one attached hydrogen (secondary N) is 2. The van der Waals surface area contributed by atoms with E-state index in [-0.39, 0.29) is 18.1 Å². The van der Waals surface area contributed by atoms with Gasteiger partial charge in [0, 0.05) is 17.8 Å². The largest absolute Gasteiger partial charge is 0.325 e. The summed E-state index contributed by atoms with van der Waals surface area (Å²) in [5.74, 6) is -1.25. The maximum absolute atomic E-state index is 14.4. The van der Waals surface area contributed by atoms with Crippen LogP contribution in [0.2, 0.25) is 0 Å². The molecule has 168 valence electrons. The number of hydrogen-bond acceptors (Lipinski definition) is 5. The molecule has 1 aliphatic rings. The van der Waals surface area contributed by atoms with Crippen molar-refractivity contribution in [3.05, 3.63) is 53.2 Å². The summed E-state index contributed by atoms with van der Waals surface area (Å²) in [6.45, 7) is 6.79. The summed E-state index contributed by atoms with van der Waals surface area (Å²) < 4.78 is 16.0. The van der Waals surface area contributed by atoms with E-state index in [1.807, 2.05) is 0 Å². The van der Waals surface area contributed by atoms with Crippen LogP contribution >= 0.6 is 0 Å². The average Bonchev–Trinajstić information content (AvgIpc) is 3.21. The molecule has 8 nitrogen and oxygen atoms in total. The van der Waals surface area contributed by atoms with Gasteiger partial charge >= 0.3 is 0 Å². The maximum atomic E-state index is 14.4. The molecular formula is C23H27FN6O2. The fourth-order valence-corrected chi connectivity index (χ4v) is 4.22. The van der Waals surface area contributed by atoms with Gasteiger partial charge in [0.05, 0.1) is 35.4 Å². The number of benzene rings is 1. The topological polar surface area (TPSA) is 91.6 Å². The number of anilines is 2. The SMILES string of the molecule is Cc1nc2ccnn2c(C)c1C(=O)Nc1cc(NC(=O)CN2CCCCC2C)ccc1F. The van der Waals surface area contributed by atoms with E-state index < -0.39 is 11.7 Å². The second kappa shape index (κ2) is 9.04. The van der Waals surface area contributed by atoms with E-state index in [0.717, 1.165) is 19.4 Å². The predicted octanol–water partition coefficient (Wildman–Crippen LogP) is 3.55. The first-order valence-electron chi connectivity index (χ1n) is 10.8. The van der Waals surface area contributed by atoms with Crippen LogP contribution in [0, 0.1) is 19.7 Å². The second-order valence-corrected chi connectivity index (χ2v) is 8.27. The number of nitrogens with zero attached hydrogens (tertiary/aromatic N) is 4. The molecular weight excluding hydrogens is 411 g/mol. The summed E-state index contributed by atoms with van der Waals surface area (Å²) in [6.07, 6.45) is 4.95. The molecule has 3 aromatic rings. The van der Waals surface area contributed by atoms with Gasteiger partial charge in [-0.3, -0.25) is 14.5 Å². The quantitative estimate of drug-likeness (QED) is 0.636. The number of carbonyl (C=O) groups excluding carboxylic acids is 2. The number of piperidine rings is 1. The maximum Gasteiger partial charge on any atom is 0.259 e. The Balaban J connectivity index is 1.49. The lowest BCUT2D eigenvalue weighted by Crippen LogP contribution is -2.42. The molecule has 0 bridgehead atoms. The van der Waals surface area contributed by atoms with Crippen LogP contribution in [-0.2, 0) is 4.79 Å². The minimum Gasteiger partial charge on any atom is -0.325 e. The molecule has 2 amide bonds. The zero-order chi connectivity index (χ0) is 22.8. The highest BCUT2D eigenvalue weighted by atomic mass is 19.1. The van der Waals surface area contributed by atoms with Crippen molar-refractivity contribution in [2.75, 3.05) is 23.7 Å². The first-order valence-corrected chi connectivity index (χ1v) is 10.8. The number of carbonyl (C=O) groups is 2. The van der Waals surface area contributed by atoms with Crippen LogP contribution < -0.4 is 10.6 Å². The van der Waals surface area contributed by atoms with Gasteiger partial charge in [-0.05, 0) is 58.4 Å². The Hall–Kier alpha value is -3.33. The third kappa shape index (κ3) is 4.47. The van der Waals surface area contributed by atoms with E-state index in [1.54, 1.807) is 30.6 Å². The molecule has 2 N–H and O–H groups in total. The van der Waals surface area contributed by atoms with Crippen molar-refractivity contribution in [2.24, 2.45) is 0 Å². The number of rotatable bonds is 5. The summed E-state index contributed by atoms with van der Waals surface area (Å²) in [5, 5.41) is 9.59. The second-order valence-electron chi connectivity index (χ2n) is 8.27. The molecule has 1 unspecified atom stereocenters. The van der Waals surface area contributed by atoms with Crippen molar-refractivity contribution in [1.29, 1.82) is 0 Å². The van der Waals surface area contributed by atoms with Crippen molar-refractivity contribution in [3.63, 3.8) is 0 Å². The zero-order valence-corrected chi connectivity index (χ0v) is 18.5. The molecule has 9 heteroatoms. The van der Waals surface area contributed by atoms with Crippen molar-refractivity contribution < 1.29 is 14.0 Å². The minimum absolute atomic E-state index is 0.0153. The van der Waals surface area contributed by atoms with E-state index in [1.165, 1.54) is 24.6 Å². The smallest absolute Gasteiger partial charge is 0.259 e. The lowest BCUT2D eigenvalue weighted by molar-refractivity contribution is -0.118. The van der Waals surface area contributed by atoms with Crippen molar-refractivity contribution in [3.8, 4) is 0 Å². The Morgan fingerprint density at radius 2 is 2.00 bits per heavy atom. The van der Waals surface area contributed by atoms with Crippen molar-refractivity contribution >= 4 is 28.8 Å². The molecule has 1 atom stereocenters. The van der Waals surface area contributed by atoms with Gasteiger partial charge in [0.15, 0.2) is 5.65 Å². The molecule has 0 spiro atoms. The van der Waals surface area contributed by atoms with Gasteiger partial charge < -0.3 is 10.6 Å². The fraction of sp³-hybridized carbons (Fsp3) is 0.391. The van der Waals surface area contributed by atoms with E-state index in [4.69, 9.17) is 0 Å². The van der Waals surface area contributed by atoms with Crippen molar-refractivity contribution in [1.82, 2.24) is 19.5 Å². The standard InChI is InChI=1S/C23H27FN6O2/c1-14-6-4-5-11-29(14)13-21(31)27-17-7-8-18(24)19(12-17)28-23(32)22-15(2)26-20-9-10-25-30(20)16(22)3/h7-10,12,14H,4-6,11,13H2,1-3H3,(H,27,31)(H,28,32). The summed E-state index contributed by atoms with van der Waals surface area (Å²) >= 11 is 0. The summed E-state index contributed by atoms with van der Waals surface area (Å²) in [5.41, 5.74) is 2.50. The van der Waals surface area contributed by atoms with Gasteiger partial charge in [-0.1, -0.05) is 6.42 Å². The minimum atomic E-state index is -0.593. The van der Waals surface area contributed by atoms with Gasteiger partial charge in [0.25, 0.3) is 5.91 Å². The van der Waals surface area contributed by atoms with E-state index in [2.05, 4.69) is 32.5 Å². The van der Waals surface area contributed by atoms with Crippen molar-refractivity contribution in [2.45, 2.75) is 46.1 Å². The first-order chi connectivity index (χ1) is 15.3. The van der Waals surface area contributed by atoms with Gasteiger partial charge in [-0.2, -0.15) is 5.10 Å². The monoisotopic (exact) mass is 438 g/mol. The average molecular weight is 439 g/mol. The van der Waals surface area contributed by atoms with Gasteiger partial charge in [-0.25, -0.2) is 13.9 Å². The highest BCUT2D eigenvalue weighted by Gasteiger charge is 2.21. The number of likely N-dealkylation sites (tertiary alicyclic amines) is 1. The van der Waals surface area contributed by atoms with Crippen LogP contribution in [0.3, 0.4) is 0 Å². The van der Waals surface area contributed by atoms with Crippen LogP contribution in [0.15, 0.2) is 30.5 Å². The third-order valence-electron chi connectivity index (χ3n) is 5.96. The van der Waals surface area contributed by atoms with Crippen LogP contribution in [0.5, 0.6) is 0 Å². The highest BCUT2D eigenvalue weighted by Crippen LogP contribution is 2.23. The Labute approximate surface area is 185 Å². The molecule has 1 aliphatic heterocycles. The van der Waals surface area contributed by atoms with Crippen LogP contribution in [0.4, 0.5) is 15.8 Å². The Bertz CT molecular complexity index is 1170. The molecule has 0 radical (unpaired) electrons. The lowest BCUT2D eigenvalue weighted by Gasteiger charge is -2.32. The highest BCUT2D eigenvalue weighted by molar-refractivity contribution is 6.06. The van der Waals surface area contributed by atoms with Crippen LogP contribution in [0.25, 0.3) is 5.65 Å². The molecule has 3 heterocycles. The first kappa shape index (κ1) is 21.9. The molecule has 32 heavy (non-hydrogen) atoms. The molecule has 4 rings (SSSR count). The van der Waals surface area contributed by atoms with Crippen LogP contribution in [0.1, 0.15) is 47.9 Å². The predicted molar refractivity (Wildman–Crippen MR) is 120 cm³/mol. The normalized spacial score (nSPS) is 16.8. The summed E-state index contributed by atoms with van der Waals surface area (Å²) in [6, 6.07) is 6.25. The van der Waals surface area contributed by atoms with E-state index in [9.17, 15) is 14.0 Å².